The smallest absolute Gasteiger partial charge is 0.240 e. The summed E-state index contributed by atoms with van der Waals surface area (Å²) in [5, 5.41) is 3.27. The Labute approximate surface area is 126 Å². The Bertz CT molecular complexity index is 740. The molecule has 0 fully saturated rings. The van der Waals surface area contributed by atoms with E-state index in [0.717, 1.165) is 5.69 Å². The monoisotopic (exact) mass is 304 g/mol. The van der Waals surface area contributed by atoms with Crippen LogP contribution in [-0.2, 0) is 16.6 Å². The summed E-state index contributed by atoms with van der Waals surface area (Å²) in [6, 6.07) is 13.1. The molecule has 0 heterocycles. The van der Waals surface area contributed by atoms with E-state index in [1.807, 2.05) is 6.07 Å². The number of nitrogens with one attached hydrogen (secondary N) is 2. The topological polar surface area (TPSA) is 58.2 Å². The maximum Gasteiger partial charge on any atom is 0.240 e. The predicted octanol–water partition coefficient (Wildman–Crippen LogP) is 2.82. The Balaban J connectivity index is 2.16. The third-order valence-corrected chi connectivity index (χ3v) is 4.81. The van der Waals surface area contributed by atoms with E-state index in [0.29, 0.717) is 6.54 Å². The van der Waals surface area contributed by atoms with E-state index in [2.05, 4.69) is 42.1 Å². The quantitative estimate of drug-likeness (QED) is 0.893. The summed E-state index contributed by atoms with van der Waals surface area (Å²) in [6.07, 6.45) is 0. The lowest BCUT2D eigenvalue weighted by atomic mass is 10.1. The molecule has 2 N–H and O–H groups in total. The molecular weight excluding hydrogens is 284 g/mol. The standard InChI is InChI=1S/C16H20N2O2S/c1-12-7-8-14(13(2)9-12)11-18-15-5-4-6-16(10-15)21(19,20)17-3/h4-10,17-18H,11H2,1-3H3. The summed E-state index contributed by atoms with van der Waals surface area (Å²) in [4.78, 5) is 0.260. The average Bonchev–Trinajstić information content (AvgIpc) is 2.46. The minimum absolute atomic E-state index is 0.260. The summed E-state index contributed by atoms with van der Waals surface area (Å²) in [5.41, 5.74) is 4.44. The highest BCUT2D eigenvalue weighted by Gasteiger charge is 2.11. The number of anilines is 1. The summed E-state index contributed by atoms with van der Waals surface area (Å²) in [5.74, 6) is 0. The second-order valence-corrected chi connectivity index (χ2v) is 6.91. The first kappa shape index (κ1) is 15.5. The molecule has 0 spiro atoms. The molecule has 2 rings (SSSR count). The maximum atomic E-state index is 11.8. The Morgan fingerprint density at radius 3 is 2.48 bits per heavy atom. The lowest BCUT2D eigenvalue weighted by Gasteiger charge is -2.11. The number of hydrogen-bond donors (Lipinski definition) is 2. The van der Waals surface area contributed by atoms with Crippen molar-refractivity contribution >= 4 is 15.7 Å². The van der Waals surface area contributed by atoms with Gasteiger partial charge >= 0.3 is 0 Å². The van der Waals surface area contributed by atoms with Crippen LogP contribution in [0.3, 0.4) is 0 Å². The molecule has 2 aromatic carbocycles. The van der Waals surface area contributed by atoms with E-state index in [1.165, 1.54) is 23.7 Å². The lowest BCUT2D eigenvalue weighted by Crippen LogP contribution is -2.18. The van der Waals surface area contributed by atoms with Crippen molar-refractivity contribution < 1.29 is 8.42 Å². The molecule has 0 radical (unpaired) electrons. The summed E-state index contributed by atoms with van der Waals surface area (Å²) >= 11 is 0. The van der Waals surface area contributed by atoms with Gasteiger partial charge in [-0.2, -0.15) is 0 Å². The second kappa shape index (κ2) is 6.28. The molecule has 21 heavy (non-hydrogen) atoms. The molecule has 0 aliphatic carbocycles. The maximum absolute atomic E-state index is 11.8. The van der Waals surface area contributed by atoms with Gasteiger partial charge in [0.05, 0.1) is 4.90 Å². The largest absolute Gasteiger partial charge is 0.381 e. The fourth-order valence-corrected chi connectivity index (χ4v) is 2.91. The summed E-state index contributed by atoms with van der Waals surface area (Å²) in [7, 11) is -2.00. The van der Waals surface area contributed by atoms with Crippen LogP contribution in [0.2, 0.25) is 0 Å². The molecule has 112 valence electrons. The van der Waals surface area contributed by atoms with Crippen molar-refractivity contribution in [2.45, 2.75) is 25.3 Å². The summed E-state index contributed by atoms with van der Waals surface area (Å²) < 4.78 is 25.9. The SMILES string of the molecule is CNS(=O)(=O)c1cccc(NCc2ccc(C)cc2C)c1. The van der Waals surface area contributed by atoms with Gasteiger partial charge in [0.15, 0.2) is 0 Å². The number of aryl methyl sites for hydroxylation is 2. The van der Waals surface area contributed by atoms with Crippen molar-refractivity contribution in [3.8, 4) is 0 Å². The van der Waals surface area contributed by atoms with Gasteiger partial charge in [-0.1, -0.05) is 29.8 Å². The molecule has 0 unspecified atom stereocenters. The van der Waals surface area contributed by atoms with Gasteiger partial charge in [0.1, 0.15) is 0 Å². The van der Waals surface area contributed by atoms with Crippen molar-refractivity contribution in [3.05, 3.63) is 59.2 Å². The molecule has 0 aliphatic heterocycles. The normalized spacial score (nSPS) is 11.4. The highest BCUT2D eigenvalue weighted by Crippen LogP contribution is 2.17. The van der Waals surface area contributed by atoms with Crippen molar-refractivity contribution in [2.75, 3.05) is 12.4 Å². The van der Waals surface area contributed by atoms with Crippen LogP contribution in [0.1, 0.15) is 16.7 Å². The van der Waals surface area contributed by atoms with Gasteiger partial charge in [-0.15, -0.1) is 0 Å². The number of hydrogen-bond acceptors (Lipinski definition) is 3. The Morgan fingerprint density at radius 2 is 1.81 bits per heavy atom. The molecule has 0 bridgehead atoms. The van der Waals surface area contributed by atoms with Crippen LogP contribution in [0.25, 0.3) is 0 Å². The van der Waals surface area contributed by atoms with Crippen molar-refractivity contribution in [3.63, 3.8) is 0 Å². The van der Waals surface area contributed by atoms with Gasteiger partial charge in [0.25, 0.3) is 0 Å². The van der Waals surface area contributed by atoms with E-state index < -0.39 is 10.0 Å². The number of rotatable bonds is 5. The van der Waals surface area contributed by atoms with E-state index in [9.17, 15) is 8.42 Å². The fraction of sp³-hybridized carbons (Fsp3) is 0.250. The molecular formula is C16H20N2O2S. The third-order valence-electron chi connectivity index (χ3n) is 3.39. The van der Waals surface area contributed by atoms with E-state index in [4.69, 9.17) is 0 Å². The first-order valence-corrected chi connectivity index (χ1v) is 8.24. The molecule has 4 nitrogen and oxygen atoms in total. The van der Waals surface area contributed by atoms with Gasteiger partial charge in [-0.3, -0.25) is 0 Å². The molecule has 0 aliphatic rings. The predicted molar refractivity (Wildman–Crippen MR) is 85.9 cm³/mol. The average molecular weight is 304 g/mol. The number of sulfonamides is 1. The van der Waals surface area contributed by atoms with Crippen LogP contribution in [-0.4, -0.2) is 15.5 Å². The zero-order valence-corrected chi connectivity index (χ0v) is 13.3. The van der Waals surface area contributed by atoms with Crippen molar-refractivity contribution in [2.24, 2.45) is 0 Å². The third kappa shape index (κ3) is 3.83. The first-order chi connectivity index (χ1) is 9.92. The number of benzene rings is 2. The van der Waals surface area contributed by atoms with Gasteiger partial charge in [-0.25, -0.2) is 13.1 Å². The van der Waals surface area contributed by atoms with Crippen LogP contribution in [0, 0.1) is 13.8 Å². The minimum atomic E-state index is -3.41. The molecule has 0 saturated carbocycles. The van der Waals surface area contributed by atoms with Crippen LogP contribution in [0.5, 0.6) is 0 Å². The highest BCUT2D eigenvalue weighted by atomic mass is 32.2. The van der Waals surface area contributed by atoms with Gasteiger partial charge in [-0.05, 0) is 50.2 Å². The highest BCUT2D eigenvalue weighted by molar-refractivity contribution is 7.89. The molecule has 0 amide bonds. The van der Waals surface area contributed by atoms with Crippen LogP contribution >= 0.6 is 0 Å². The van der Waals surface area contributed by atoms with E-state index in [1.54, 1.807) is 18.2 Å². The van der Waals surface area contributed by atoms with Gasteiger partial charge < -0.3 is 5.32 Å². The zero-order chi connectivity index (χ0) is 15.5. The minimum Gasteiger partial charge on any atom is -0.381 e. The lowest BCUT2D eigenvalue weighted by molar-refractivity contribution is 0.588. The van der Waals surface area contributed by atoms with Crippen LogP contribution in [0.15, 0.2) is 47.4 Å². The van der Waals surface area contributed by atoms with Crippen molar-refractivity contribution in [1.29, 1.82) is 0 Å². The van der Waals surface area contributed by atoms with Gasteiger partial charge in [0, 0.05) is 12.2 Å². The van der Waals surface area contributed by atoms with Crippen LogP contribution < -0.4 is 10.0 Å². The van der Waals surface area contributed by atoms with Gasteiger partial charge in [0.2, 0.25) is 10.0 Å². The van der Waals surface area contributed by atoms with Crippen LogP contribution in [0.4, 0.5) is 5.69 Å². The molecule has 2 aromatic rings. The Hall–Kier alpha value is -1.85. The zero-order valence-electron chi connectivity index (χ0n) is 12.5. The molecule has 0 atom stereocenters. The Morgan fingerprint density at radius 1 is 1.05 bits per heavy atom. The van der Waals surface area contributed by atoms with E-state index in [-0.39, 0.29) is 4.90 Å². The molecule has 0 aromatic heterocycles. The molecule has 0 saturated heterocycles. The summed E-state index contributed by atoms with van der Waals surface area (Å²) in [6.45, 7) is 4.80. The second-order valence-electron chi connectivity index (χ2n) is 5.02. The van der Waals surface area contributed by atoms with Crippen molar-refractivity contribution in [1.82, 2.24) is 4.72 Å². The first-order valence-electron chi connectivity index (χ1n) is 6.76. The molecule has 5 heteroatoms. The Kier molecular flexibility index (Phi) is 4.65. The van der Waals surface area contributed by atoms with E-state index >= 15 is 0 Å². The fourth-order valence-electron chi connectivity index (χ4n) is 2.13.